The summed E-state index contributed by atoms with van der Waals surface area (Å²) in [6, 6.07) is 4.18. The highest BCUT2D eigenvalue weighted by molar-refractivity contribution is 9.10. The molecule has 2 aliphatic rings. The van der Waals surface area contributed by atoms with E-state index in [4.69, 9.17) is 14.2 Å². The molecule has 1 amide bonds. The number of carbonyl (C=O) groups is 1. The molecule has 1 unspecified atom stereocenters. The second-order valence-electron chi connectivity index (χ2n) is 9.20. The van der Waals surface area contributed by atoms with Crippen LogP contribution in [0.4, 0.5) is 4.79 Å². The largest absolute Gasteiger partial charge is 0.489 e. The highest BCUT2D eigenvalue weighted by Gasteiger charge is 2.37. The summed E-state index contributed by atoms with van der Waals surface area (Å²) in [4.78, 5) is 13.9. The molecule has 7 nitrogen and oxygen atoms in total. The van der Waals surface area contributed by atoms with Crippen molar-refractivity contribution in [3.8, 4) is 5.75 Å². The Labute approximate surface area is 185 Å². The van der Waals surface area contributed by atoms with Crippen molar-refractivity contribution >= 4 is 32.9 Å². The first kappa shape index (κ1) is 21.4. The second kappa shape index (κ2) is 8.38. The van der Waals surface area contributed by atoms with E-state index in [-0.39, 0.29) is 24.5 Å². The molecule has 1 saturated heterocycles. The lowest BCUT2D eigenvalue weighted by Crippen LogP contribution is -2.51. The number of aromatic nitrogens is 2. The van der Waals surface area contributed by atoms with Crippen LogP contribution < -0.4 is 4.74 Å². The van der Waals surface area contributed by atoms with Crippen LogP contribution in [0.3, 0.4) is 0 Å². The van der Waals surface area contributed by atoms with E-state index in [2.05, 4.69) is 27.1 Å². The standard InChI is InChI=1S/C22H30BrN3O4/c1-22(2,3)30-21(27)25(4)15-11-16(12-15)29-19-10-14(23)9-18-17(19)13-24-26(18)20-7-5-6-8-28-20/h9-10,13,15-16,20H,5-8,11-12H2,1-4H3/t15-,16+,20?. The number of fused-ring (bicyclic) bond motifs is 1. The summed E-state index contributed by atoms with van der Waals surface area (Å²) >= 11 is 3.61. The fraction of sp³-hybridized carbons (Fsp3) is 0.636. The van der Waals surface area contributed by atoms with Crippen molar-refractivity contribution in [1.29, 1.82) is 0 Å². The SMILES string of the molecule is CN(C(=O)OC(C)(C)C)[C@H]1C[C@@H](Oc2cc(Br)cc3c2cnn3C2CCCCO2)C1. The Balaban J connectivity index is 1.43. The monoisotopic (exact) mass is 479 g/mol. The van der Waals surface area contributed by atoms with Gasteiger partial charge in [0.2, 0.25) is 0 Å². The van der Waals surface area contributed by atoms with E-state index in [0.717, 1.165) is 59.8 Å². The third-order valence-corrected chi connectivity index (χ3v) is 6.12. The van der Waals surface area contributed by atoms with Gasteiger partial charge in [0.15, 0.2) is 6.23 Å². The molecule has 1 saturated carbocycles. The van der Waals surface area contributed by atoms with Crippen molar-refractivity contribution in [2.24, 2.45) is 0 Å². The lowest BCUT2D eigenvalue weighted by Gasteiger charge is -2.41. The van der Waals surface area contributed by atoms with Gasteiger partial charge in [-0.2, -0.15) is 5.10 Å². The summed E-state index contributed by atoms with van der Waals surface area (Å²) in [6.07, 6.45) is 6.41. The molecule has 30 heavy (non-hydrogen) atoms. The lowest BCUT2D eigenvalue weighted by molar-refractivity contribution is -0.0366. The normalized spacial score (nSPS) is 24.4. The molecular weight excluding hydrogens is 450 g/mol. The van der Waals surface area contributed by atoms with Gasteiger partial charge in [0.05, 0.1) is 17.1 Å². The average molecular weight is 480 g/mol. The van der Waals surface area contributed by atoms with Gasteiger partial charge in [0, 0.05) is 37.0 Å². The minimum absolute atomic E-state index is 0.0195. The van der Waals surface area contributed by atoms with E-state index in [1.165, 1.54) is 0 Å². The fourth-order valence-electron chi connectivity index (χ4n) is 3.94. The van der Waals surface area contributed by atoms with Crippen LogP contribution in [0.15, 0.2) is 22.8 Å². The van der Waals surface area contributed by atoms with Gasteiger partial charge in [-0.05, 0) is 52.2 Å². The molecule has 2 heterocycles. The molecule has 2 aromatic rings. The molecule has 0 bridgehead atoms. The molecule has 1 aromatic carbocycles. The second-order valence-corrected chi connectivity index (χ2v) is 10.1. The summed E-state index contributed by atoms with van der Waals surface area (Å²) in [6.45, 7) is 6.41. The number of ether oxygens (including phenoxy) is 3. The van der Waals surface area contributed by atoms with E-state index < -0.39 is 5.60 Å². The quantitative estimate of drug-likeness (QED) is 0.596. The summed E-state index contributed by atoms with van der Waals surface area (Å²) in [7, 11) is 1.79. The minimum Gasteiger partial charge on any atom is -0.489 e. The van der Waals surface area contributed by atoms with Crippen molar-refractivity contribution < 1.29 is 19.0 Å². The van der Waals surface area contributed by atoms with Gasteiger partial charge in [0.25, 0.3) is 0 Å². The molecule has 2 fully saturated rings. The van der Waals surface area contributed by atoms with Gasteiger partial charge in [-0.1, -0.05) is 15.9 Å². The number of carbonyl (C=O) groups excluding carboxylic acids is 1. The molecule has 0 spiro atoms. The molecule has 1 aliphatic carbocycles. The van der Waals surface area contributed by atoms with Gasteiger partial charge in [0.1, 0.15) is 17.5 Å². The van der Waals surface area contributed by atoms with Gasteiger partial charge in [-0.3, -0.25) is 0 Å². The minimum atomic E-state index is -0.491. The van der Waals surface area contributed by atoms with Crippen LogP contribution in [0.25, 0.3) is 10.9 Å². The van der Waals surface area contributed by atoms with Crippen LogP contribution in [0.1, 0.15) is 59.1 Å². The number of benzene rings is 1. The lowest BCUT2D eigenvalue weighted by atomic mass is 9.88. The van der Waals surface area contributed by atoms with Gasteiger partial charge < -0.3 is 19.1 Å². The summed E-state index contributed by atoms with van der Waals surface area (Å²) < 4.78 is 20.6. The number of hydrogen-bond acceptors (Lipinski definition) is 5. The van der Waals surface area contributed by atoms with E-state index >= 15 is 0 Å². The topological polar surface area (TPSA) is 65.8 Å². The van der Waals surface area contributed by atoms with Crippen LogP contribution >= 0.6 is 15.9 Å². The van der Waals surface area contributed by atoms with Crippen molar-refractivity contribution in [1.82, 2.24) is 14.7 Å². The van der Waals surface area contributed by atoms with Crippen LogP contribution in [0.5, 0.6) is 5.75 Å². The third kappa shape index (κ3) is 4.59. The van der Waals surface area contributed by atoms with E-state index in [1.54, 1.807) is 11.9 Å². The molecule has 164 valence electrons. The molecule has 1 aromatic heterocycles. The van der Waals surface area contributed by atoms with Crippen molar-refractivity contribution in [3.05, 3.63) is 22.8 Å². The highest BCUT2D eigenvalue weighted by Crippen LogP contribution is 2.37. The summed E-state index contributed by atoms with van der Waals surface area (Å²) in [5, 5.41) is 5.58. The zero-order chi connectivity index (χ0) is 21.5. The maximum absolute atomic E-state index is 12.3. The molecule has 0 radical (unpaired) electrons. The number of hydrogen-bond donors (Lipinski definition) is 0. The van der Waals surface area contributed by atoms with Crippen LogP contribution in [-0.4, -0.2) is 52.2 Å². The number of halogens is 1. The van der Waals surface area contributed by atoms with Gasteiger partial charge in [-0.25, -0.2) is 9.48 Å². The molecule has 4 rings (SSSR count). The zero-order valence-electron chi connectivity index (χ0n) is 18.1. The van der Waals surface area contributed by atoms with E-state index in [1.807, 2.05) is 37.7 Å². The van der Waals surface area contributed by atoms with Crippen LogP contribution in [0, 0.1) is 0 Å². The molecule has 0 N–H and O–H groups in total. The Hall–Kier alpha value is -1.80. The maximum atomic E-state index is 12.3. The number of amides is 1. The Morgan fingerprint density at radius 3 is 2.73 bits per heavy atom. The smallest absolute Gasteiger partial charge is 0.410 e. The first-order chi connectivity index (χ1) is 14.2. The fourth-order valence-corrected chi connectivity index (χ4v) is 4.36. The third-order valence-electron chi connectivity index (χ3n) is 5.66. The number of rotatable bonds is 4. The Morgan fingerprint density at radius 1 is 1.30 bits per heavy atom. The van der Waals surface area contributed by atoms with E-state index in [0.29, 0.717) is 0 Å². The first-order valence-corrected chi connectivity index (χ1v) is 11.4. The molecule has 1 atom stereocenters. The molecular formula is C22H30BrN3O4. The summed E-state index contributed by atoms with van der Waals surface area (Å²) in [5.41, 5.74) is 0.516. The zero-order valence-corrected chi connectivity index (χ0v) is 19.6. The predicted octanol–water partition coefficient (Wildman–Crippen LogP) is 5.27. The average Bonchev–Trinajstić information content (AvgIpc) is 3.06. The van der Waals surface area contributed by atoms with Crippen molar-refractivity contribution in [2.75, 3.05) is 13.7 Å². The molecule has 1 aliphatic heterocycles. The van der Waals surface area contributed by atoms with Crippen molar-refractivity contribution in [2.45, 2.75) is 76.9 Å². The maximum Gasteiger partial charge on any atom is 0.410 e. The van der Waals surface area contributed by atoms with Crippen LogP contribution in [-0.2, 0) is 9.47 Å². The van der Waals surface area contributed by atoms with E-state index in [9.17, 15) is 4.79 Å². The van der Waals surface area contributed by atoms with Gasteiger partial charge in [-0.15, -0.1) is 0 Å². The van der Waals surface area contributed by atoms with Crippen LogP contribution in [0.2, 0.25) is 0 Å². The number of nitrogens with zero attached hydrogens (tertiary/aromatic N) is 3. The van der Waals surface area contributed by atoms with Crippen molar-refractivity contribution in [3.63, 3.8) is 0 Å². The predicted molar refractivity (Wildman–Crippen MR) is 118 cm³/mol. The first-order valence-electron chi connectivity index (χ1n) is 10.6. The summed E-state index contributed by atoms with van der Waals surface area (Å²) in [5.74, 6) is 0.810. The molecule has 8 heteroatoms. The Bertz CT molecular complexity index is 911. The highest BCUT2D eigenvalue weighted by atomic mass is 79.9. The Morgan fingerprint density at radius 2 is 2.07 bits per heavy atom. The van der Waals surface area contributed by atoms with Gasteiger partial charge >= 0.3 is 6.09 Å². The Kier molecular flexibility index (Phi) is 5.99.